The summed E-state index contributed by atoms with van der Waals surface area (Å²) in [6.45, 7) is 5.25. The average molecular weight is 479 g/mol. The highest BCUT2D eigenvalue weighted by molar-refractivity contribution is 5.94. The van der Waals surface area contributed by atoms with Gasteiger partial charge in [0.05, 0.1) is 11.7 Å². The van der Waals surface area contributed by atoms with Gasteiger partial charge in [-0.3, -0.25) is 9.78 Å². The number of fused-ring (bicyclic) bond motifs is 1. The molecule has 1 saturated heterocycles. The van der Waals surface area contributed by atoms with Crippen LogP contribution in [0.5, 0.6) is 5.75 Å². The van der Waals surface area contributed by atoms with Gasteiger partial charge >= 0.3 is 12.3 Å². The molecular formula is C24H29F3N4O3. The minimum Gasteiger partial charge on any atom is -0.408 e. The summed E-state index contributed by atoms with van der Waals surface area (Å²) in [7, 11) is 0. The van der Waals surface area contributed by atoms with Crippen LogP contribution in [0.15, 0.2) is 24.4 Å². The molecule has 0 aliphatic carbocycles. The second-order valence-corrected chi connectivity index (χ2v) is 8.91. The van der Waals surface area contributed by atoms with Gasteiger partial charge in [-0.2, -0.15) is 13.2 Å². The Kier molecular flexibility index (Phi) is 6.86. The molecule has 2 aliphatic rings. The van der Waals surface area contributed by atoms with Crippen LogP contribution in [0.4, 0.5) is 18.0 Å². The third kappa shape index (κ3) is 4.90. The van der Waals surface area contributed by atoms with Gasteiger partial charge in [0.15, 0.2) is 5.75 Å². The highest BCUT2D eigenvalue weighted by Gasteiger charge is 2.33. The number of nitrogens with zero attached hydrogens (tertiary/aromatic N) is 3. The lowest BCUT2D eigenvalue weighted by molar-refractivity contribution is -0.141. The van der Waals surface area contributed by atoms with Crippen LogP contribution in [0, 0.1) is 0 Å². The van der Waals surface area contributed by atoms with E-state index in [1.807, 2.05) is 16.4 Å². The lowest BCUT2D eigenvalue weighted by Crippen LogP contribution is -2.35. The summed E-state index contributed by atoms with van der Waals surface area (Å²) >= 11 is 0. The predicted octanol–water partition coefficient (Wildman–Crippen LogP) is 5.10. The first-order chi connectivity index (χ1) is 16.2. The maximum absolute atomic E-state index is 13.2. The van der Waals surface area contributed by atoms with Crippen molar-refractivity contribution in [1.29, 1.82) is 0 Å². The molecule has 4 heterocycles. The van der Waals surface area contributed by atoms with Gasteiger partial charge in [0.2, 0.25) is 0 Å². The summed E-state index contributed by atoms with van der Waals surface area (Å²) in [5, 5.41) is 2.71. The third-order valence-corrected chi connectivity index (χ3v) is 6.63. The normalized spacial score (nSPS) is 19.0. The number of ether oxygens (including phenoxy) is 1. The molecule has 7 nitrogen and oxygen atoms in total. The highest BCUT2D eigenvalue weighted by atomic mass is 19.4. The van der Waals surface area contributed by atoms with Crippen LogP contribution < -0.4 is 10.1 Å². The zero-order valence-corrected chi connectivity index (χ0v) is 19.3. The SMILES string of the molecule is CC[C@@H](NC(=O)Oc1cc(C(=O)N2CCC[C@@H]2C)n2c1CCCC2)c1ccc(C(F)(F)F)nc1. The molecule has 0 radical (unpaired) electrons. The van der Waals surface area contributed by atoms with Crippen molar-refractivity contribution in [3.05, 3.63) is 47.0 Å². The number of alkyl halides is 3. The Morgan fingerprint density at radius 1 is 1.24 bits per heavy atom. The van der Waals surface area contributed by atoms with Crippen LogP contribution in [0.1, 0.15) is 79.4 Å². The zero-order valence-electron chi connectivity index (χ0n) is 19.3. The number of halogens is 3. The smallest absolute Gasteiger partial charge is 0.408 e. The van der Waals surface area contributed by atoms with E-state index in [1.54, 1.807) is 13.0 Å². The Morgan fingerprint density at radius 2 is 2.03 bits per heavy atom. The fraction of sp³-hybridized carbons (Fsp3) is 0.542. The van der Waals surface area contributed by atoms with Crippen molar-refractivity contribution < 1.29 is 27.5 Å². The van der Waals surface area contributed by atoms with Crippen molar-refractivity contribution >= 4 is 12.0 Å². The van der Waals surface area contributed by atoms with Gasteiger partial charge in [-0.15, -0.1) is 0 Å². The molecule has 0 unspecified atom stereocenters. The molecule has 4 rings (SSSR count). The molecule has 2 aliphatic heterocycles. The minimum absolute atomic E-state index is 0.0503. The number of likely N-dealkylation sites (tertiary alicyclic amines) is 1. The number of amides is 2. The molecule has 0 spiro atoms. The van der Waals surface area contributed by atoms with E-state index >= 15 is 0 Å². The Hall–Kier alpha value is -3.04. The molecule has 2 amide bonds. The van der Waals surface area contributed by atoms with E-state index in [0.717, 1.165) is 50.2 Å². The summed E-state index contributed by atoms with van der Waals surface area (Å²) in [4.78, 5) is 31.3. The molecule has 34 heavy (non-hydrogen) atoms. The van der Waals surface area contributed by atoms with Gasteiger partial charge in [0, 0.05) is 31.4 Å². The van der Waals surface area contributed by atoms with Crippen LogP contribution in [-0.2, 0) is 19.1 Å². The maximum Gasteiger partial charge on any atom is 0.433 e. The summed E-state index contributed by atoms with van der Waals surface area (Å²) < 4.78 is 45.9. The third-order valence-electron chi connectivity index (χ3n) is 6.63. The van der Waals surface area contributed by atoms with Crippen LogP contribution in [0.3, 0.4) is 0 Å². The first kappa shape index (κ1) is 24.1. The molecule has 1 fully saturated rings. The minimum atomic E-state index is -4.52. The summed E-state index contributed by atoms with van der Waals surface area (Å²) in [5.41, 5.74) is 0.815. The predicted molar refractivity (Wildman–Crippen MR) is 119 cm³/mol. The standard InChI is InChI=1S/C24H29F3N4O3/c1-3-17(16-9-10-21(28-14-16)24(25,26)27)29-23(33)34-20-13-19(31-11-5-4-8-18(20)31)22(32)30-12-6-7-15(30)2/h9-10,13-15,17H,3-8,11-12H2,1-2H3,(H,29,33)/t15-,17+/m0/s1. The maximum atomic E-state index is 13.2. The Labute approximate surface area is 196 Å². The van der Waals surface area contributed by atoms with Crippen molar-refractivity contribution in [1.82, 2.24) is 19.8 Å². The number of aromatic nitrogens is 2. The van der Waals surface area contributed by atoms with E-state index in [0.29, 0.717) is 36.4 Å². The van der Waals surface area contributed by atoms with Crippen LogP contribution >= 0.6 is 0 Å². The molecule has 10 heteroatoms. The topological polar surface area (TPSA) is 76.5 Å². The second kappa shape index (κ2) is 9.68. The van der Waals surface area contributed by atoms with Crippen molar-refractivity contribution in [3.63, 3.8) is 0 Å². The van der Waals surface area contributed by atoms with E-state index in [9.17, 15) is 22.8 Å². The number of nitrogens with one attached hydrogen (secondary N) is 1. The number of carbonyl (C=O) groups excluding carboxylic acids is 2. The molecule has 2 aromatic heterocycles. The van der Waals surface area contributed by atoms with Gasteiger partial charge < -0.3 is 19.5 Å². The summed E-state index contributed by atoms with van der Waals surface area (Å²) in [5.74, 6) is 0.304. The van der Waals surface area contributed by atoms with E-state index < -0.39 is 24.0 Å². The largest absolute Gasteiger partial charge is 0.433 e. The monoisotopic (exact) mass is 478 g/mol. The first-order valence-corrected chi connectivity index (χ1v) is 11.7. The molecule has 1 N–H and O–H groups in total. The van der Waals surface area contributed by atoms with E-state index in [-0.39, 0.29) is 11.9 Å². The Bertz CT molecular complexity index is 1050. The quantitative estimate of drug-likeness (QED) is 0.649. The van der Waals surface area contributed by atoms with Gasteiger partial charge in [-0.1, -0.05) is 13.0 Å². The number of carbonyl (C=O) groups is 2. The fourth-order valence-corrected chi connectivity index (χ4v) is 4.76. The number of hydrogen-bond donors (Lipinski definition) is 1. The van der Waals surface area contributed by atoms with Crippen LogP contribution in [0.2, 0.25) is 0 Å². The lowest BCUT2D eigenvalue weighted by Gasteiger charge is -2.24. The second-order valence-electron chi connectivity index (χ2n) is 8.91. The van der Waals surface area contributed by atoms with Crippen LogP contribution in [0.25, 0.3) is 0 Å². The molecule has 184 valence electrons. The summed E-state index contributed by atoms with van der Waals surface area (Å²) in [6.07, 6.45) is 0.838. The molecule has 0 bridgehead atoms. The van der Waals surface area contributed by atoms with Gasteiger partial charge in [0.1, 0.15) is 11.4 Å². The number of pyridine rings is 1. The number of hydrogen-bond acceptors (Lipinski definition) is 4. The van der Waals surface area contributed by atoms with Gasteiger partial charge in [-0.05, 0) is 57.1 Å². The summed E-state index contributed by atoms with van der Waals surface area (Å²) in [6, 6.07) is 3.46. The van der Waals surface area contributed by atoms with Crippen molar-refractivity contribution in [2.75, 3.05) is 6.54 Å². The molecule has 0 aromatic carbocycles. The molecule has 0 saturated carbocycles. The van der Waals surface area contributed by atoms with Crippen molar-refractivity contribution in [3.8, 4) is 5.75 Å². The Balaban J connectivity index is 1.50. The fourth-order valence-electron chi connectivity index (χ4n) is 4.76. The van der Waals surface area contributed by atoms with Gasteiger partial charge in [-0.25, -0.2) is 4.79 Å². The van der Waals surface area contributed by atoms with E-state index in [1.165, 1.54) is 6.07 Å². The van der Waals surface area contributed by atoms with Crippen LogP contribution in [-0.4, -0.2) is 39.0 Å². The highest BCUT2D eigenvalue weighted by Crippen LogP contribution is 2.32. The van der Waals surface area contributed by atoms with Crippen molar-refractivity contribution in [2.45, 2.75) is 77.2 Å². The molecule has 2 atom stereocenters. The first-order valence-electron chi connectivity index (χ1n) is 11.7. The zero-order chi connectivity index (χ0) is 24.5. The van der Waals surface area contributed by atoms with E-state index in [4.69, 9.17) is 4.74 Å². The molecule has 2 aromatic rings. The Morgan fingerprint density at radius 3 is 2.65 bits per heavy atom. The molecular weight excluding hydrogens is 449 g/mol. The number of rotatable bonds is 5. The average Bonchev–Trinajstić information content (AvgIpc) is 3.40. The van der Waals surface area contributed by atoms with E-state index in [2.05, 4.69) is 10.3 Å². The van der Waals surface area contributed by atoms with Gasteiger partial charge in [0.25, 0.3) is 5.91 Å². The lowest BCUT2D eigenvalue weighted by atomic mass is 10.1. The van der Waals surface area contributed by atoms with Crippen molar-refractivity contribution in [2.24, 2.45) is 0 Å².